The van der Waals surface area contributed by atoms with Crippen LogP contribution in [0, 0.1) is 13.8 Å². The molecule has 9 heteroatoms. The van der Waals surface area contributed by atoms with Gasteiger partial charge in [0.2, 0.25) is 0 Å². The van der Waals surface area contributed by atoms with Crippen LogP contribution in [0.1, 0.15) is 51.5 Å². The number of carbonyl (C=O) groups is 2. The van der Waals surface area contributed by atoms with Crippen LogP contribution in [0.3, 0.4) is 0 Å². The number of methoxy groups -OCH3 is 1. The van der Waals surface area contributed by atoms with E-state index in [2.05, 4.69) is 16.4 Å². The van der Waals surface area contributed by atoms with Crippen LogP contribution >= 0.6 is 12.2 Å². The van der Waals surface area contributed by atoms with Crippen LogP contribution in [-0.2, 0) is 9.53 Å². The summed E-state index contributed by atoms with van der Waals surface area (Å²) in [5, 5.41) is 13.4. The van der Waals surface area contributed by atoms with Crippen LogP contribution in [0.4, 0.5) is 0 Å². The molecule has 1 aliphatic heterocycles. The molecule has 34 heavy (non-hydrogen) atoms. The molecule has 0 radical (unpaired) electrons. The second kappa shape index (κ2) is 9.64. The molecule has 0 aliphatic carbocycles. The Hall–Kier alpha value is -3.72. The van der Waals surface area contributed by atoms with Crippen molar-refractivity contribution in [3.05, 3.63) is 82.9 Å². The quantitative estimate of drug-likeness (QED) is 0.392. The van der Waals surface area contributed by atoms with Crippen molar-refractivity contribution in [2.75, 3.05) is 13.7 Å². The third-order valence-corrected chi connectivity index (χ3v) is 6.47. The molecule has 0 amide bonds. The van der Waals surface area contributed by atoms with E-state index < -0.39 is 5.97 Å². The van der Waals surface area contributed by atoms with Crippen molar-refractivity contribution in [2.45, 2.75) is 32.4 Å². The Morgan fingerprint density at radius 2 is 1.97 bits per heavy atom. The minimum absolute atomic E-state index is 0.198. The molecular formula is C25H26N4O4S. The van der Waals surface area contributed by atoms with Crippen LogP contribution in [-0.4, -0.2) is 50.3 Å². The molecule has 0 spiro atoms. The first-order valence-corrected chi connectivity index (χ1v) is 11.3. The number of hydrogen-bond acceptors (Lipinski definition) is 5. The Morgan fingerprint density at radius 3 is 2.65 bits per heavy atom. The highest BCUT2D eigenvalue weighted by Gasteiger charge is 2.41. The first kappa shape index (κ1) is 23.4. The van der Waals surface area contributed by atoms with Crippen LogP contribution in [0.2, 0.25) is 0 Å². The smallest absolute Gasteiger partial charge is 0.335 e. The van der Waals surface area contributed by atoms with E-state index in [0.717, 1.165) is 28.3 Å². The van der Waals surface area contributed by atoms with Crippen molar-refractivity contribution in [1.82, 2.24) is 19.8 Å². The predicted octanol–water partition coefficient (Wildman–Crippen LogP) is 3.72. The zero-order valence-corrected chi connectivity index (χ0v) is 20.0. The lowest BCUT2D eigenvalue weighted by atomic mass is 9.96. The van der Waals surface area contributed by atoms with Gasteiger partial charge in [0.25, 0.3) is 0 Å². The van der Waals surface area contributed by atoms with Gasteiger partial charge in [-0.2, -0.15) is 0 Å². The van der Waals surface area contributed by atoms with Gasteiger partial charge >= 0.3 is 11.9 Å². The van der Waals surface area contributed by atoms with Gasteiger partial charge in [-0.25, -0.2) is 4.79 Å². The van der Waals surface area contributed by atoms with E-state index >= 15 is 0 Å². The van der Waals surface area contributed by atoms with Gasteiger partial charge in [-0.3, -0.25) is 9.78 Å². The van der Waals surface area contributed by atoms with E-state index in [1.54, 1.807) is 24.4 Å². The normalized spacial score (nSPS) is 17.5. The number of nitrogens with zero attached hydrogens (tertiary/aromatic N) is 3. The highest BCUT2D eigenvalue weighted by molar-refractivity contribution is 7.80. The van der Waals surface area contributed by atoms with Crippen LogP contribution in [0.15, 0.2) is 54.7 Å². The van der Waals surface area contributed by atoms with Gasteiger partial charge in [-0.15, -0.1) is 0 Å². The maximum atomic E-state index is 11.9. The molecular weight excluding hydrogens is 452 g/mol. The van der Waals surface area contributed by atoms with Crippen molar-refractivity contribution in [3.8, 4) is 5.69 Å². The van der Waals surface area contributed by atoms with Gasteiger partial charge in [-0.05, 0) is 68.0 Å². The summed E-state index contributed by atoms with van der Waals surface area (Å²) < 4.78 is 6.88. The molecule has 0 bridgehead atoms. The Bertz CT molecular complexity index is 1240. The minimum atomic E-state index is -0.973. The molecule has 176 valence electrons. The summed E-state index contributed by atoms with van der Waals surface area (Å²) in [4.78, 5) is 30.0. The van der Waals surface area contributed by atoms with Crippen LogP contribution in [0.5, 0.6) is 0 Å². The lowest BCUT2D eigenvalue weighted by Gasteiger charge is -2.28. The molecule has 8 nitrogen and oxygen atoms in total. The summed E-state index contributed by atoms with van der Waals surface area (Å²) in [6, 6.07) is 14.3. The van der Waals surface area contributed by atoms with E-state index in [-0.39, 0.29) is 30.0 Å². The number of pyridine rings is 1. The fourth-order valence-corrected chi connectivity index (χ4v) is 4.89. The molecule has 1 fully saturated rings. The van der Waals surface area contributed by atoms with Gasteiger partial charge in [0, 0.05) is 29.8 Å². The monoisotopic (exact) mass is 478 g/mol. The van der Waals surface area contributed by atoms with Gasteiger partial charge in [0.15, 0.2) is 5.11 Å². The Morgan fingerprint density at radius 1 is 1.18 bits per heavy atom. The average molecular weight is 479 g/mol. The average Bonchev–Trinajstić information content (AvgIpc) is 3.32. The molecule has 0 unspecified atom stereocenters. The highest BCUT2D eigenvalue weighted by Crippen LogP contribution is 2.41. The van der Waals surface area contributed by atoms with Crippen LogP contribution < -0.4 is 5.32 Å². The number of hydrogen-bond donors (Lipinski definition) is 2. The number of carboxylic acids is 1. The first-order valence-electron chi connectivity index (χ1n) is 10.9. The molecule has 1 aliphatic rings. The summed E-state index contributed by atoms with van der Waals surface area (Å²) in [5.74, 6) is -1.28. The van der Waals surface area contributed by atoms with E-state index in [0.29, 0.717) is 11.7 Å². The SMILES string of the molecule is COC(=O)CCN1C(=S)N[C@H](c2ccccn2)[C@H]1c1cc(C)n(-c2cccc(C(=O)O)c2)c1C. The standard InChI is InChI=1S/C25H26N4O4S/c1-15-13-19(16(2)29(15)18-8-6-7-17(14-18)24(31)32)23-22(20-9-4-5-11-26-20)27-25(34)28(23)12-10-21(30)33-3/h4-9,11,13-14,22-23H,10,12H2,1-3H3,(H,27,34)(H,31,32)/t22-,23-/m1/s1. The summed E-state index contributed by atoms with van der Waals surface area (Å²) in [6.45, 7) is 4.38. The number of benzene rings is 1. The number of carbonyl (C=O) groups excluding carboxylic acids is 1. The van der Waals surface area contributed by atoms with E-state index in [1.165, 1.54) is 7.11 Å². The fraction of sp³-hybridized carbons (Fsp3) is 0.280. The number of carboxylic acid groups (broad SMARTS) is 1. The van der Waals surface area contributed by atoms with Crippen molar-refractivity contribution in [1.29, 1.82) is 0 Å². The number of rotatable bonds is 7. The number of aryl methyl sites for hydroxylation is 1. The molecule has 0 saturated carbocycles. The van der Waals surface area contributed by atoms with Crippen molar-refractivity contribution in [2.24, 2.45) is 0 Å². The molecule has 4 rings (SSSR count). The van der Waals surface area contributed by atoms with Gasteiger partial charge in [0.1, 0.15) is 0 Å². The molecule has 2 aromatic heterocycles. The fourth-order valence-electron chi connectivity index (χ4n) is 4.56. The number of aromatic carboxylic acids is 1. The third-order valence-electron chi connectivity index (χ3n) is 6.12. The number of thiocarbonyl (C=S) groups is 1. The number of nitrogens with one attached hydrogen (secondary N) is 1. The Kier molecular flexibility index (Phi) is 6.65. The molecule has 1 saturated heterocycles. The van der Waals surface area contributed by atoms with E-state index in [1.807, 2.05) is 47.6 Å². The second-order valence-corrected chi connectivity index (χ2v) is 8.55. The minimum Gasteiger partial charge on any atom is -0.478 e. The largest absolute Gasteiger partial charge is 0.478 e. The first-order chi connectivity index (χ1) is 16.3. The second-order valence-electron chi connectivity index (χ2n) is 8.16. The summed E-state index contributed by atoms with van der Waals surface area (Å²) in [6.07, 6.45) is 1.94. The molecule has 1 aromatic carbocycles. The molecule has 3 aromatic rings. The Balaban J connectivity index is 1.80. The Labute approximate surface area is 203 Å². The zero-order chi connectivity index (χ0) is 24.4. The van der Waals surface area contributed by atoms with Crippen molar-refractivity contribution >= 4 is 29.3 Å². The predicted molar refractivity (Wildman–Crippen MR) is 131 cm³/mol. The third kappa shape index (κ3) is 4.38. The molecule has 2 atom stereocenters. The van der Waals surface area contributed by atoms with E-state index in [4.69, 9.17) is 17.0 Å². The zero-order valence-electron chi connectivity index (χ0n) is 19.2. The van der Waals surface area contributed by atoms with Gasteiger partial charge in [0.05, 0.1) is 36.9 Å². The summed E-state index contributed by atoms with van der Waals surface area (Å²) in [5.41, 5.74) is 4.77. The van der Waals surface area contributed by atoms with Gasteiger partial charge in [-0.1, -0.05) is 12.1 Å². The van der Waals surface area contributed by atoms with Crippen LogP contribution in [0.25, 0.3) is 5.69 Å². The number of aromatic nitrogens is 2. The molecule has 2 N–H and O–H groups in total. The van der Waals surface area contributed by atoms with Crippen molar-refractivity contribution in [3.63, 3.8) is 0 Å². The van der Waals surface area contributed by atoms with E-state index in [9.17, 15) is 14.7 Å². The maximum Gasteiger partial charge on any atom is 0.335 e. The van der Waals surface area contributed by atoms with Crippen molar-refractivity contribution < 1.29 is 19.4 Å². The topological polar surface area (TPSA) is 96.7 Å². The lowest BCUT2D eigenvalue weighted by molar-refractivity contribution is -0.140. The maximum absolute atomic E-state index is 11.9. The summed E-state index contributed by atoms with van der Waals surface area (Å²) in [7, 11) is 1.37. The lowest BCUT2D eigenvalue weighted by Crippen LogP contribution is -2.32. The number of esters is 1. The highest BCUT2D eigenvalue weighted by atomic mass is 32.1. The number of ether oxygens (including phenoxy) is 1. The molecule has 3 heterocycles. The summed E-state index contributed by atoms with van der Waals surface area (Å²) >= 11 is 5.67. The van der Waals surface area contributed by atoms with Gasteiger partial charge < -0.3 is 24.6 Å².